The van der Waals surface area contributed by atoms with E-state index in [2.05, 4.69) is 11.9 Å². The first-order valence-electron chi connectivity index (χ1n) is 6.62. The van der Waals surface area contributed by atoms with Crippen LogP contribution in [0.4, 0.5) is 0 Å². The highest BCUT2D eigenvalue weighted by atomic mass is 16.5. The molecule has 0 aromatic rings. The molecule has 0 aliphatic carbocycles. The molecule has 0 aromatic heterocycles. The minimum atomic E-state index is -0.656. The van der Waals surface area contributed by atoms with E-state index in [1.807, 2.05) is 0 Å². The zero-order valence-electron chi connectivity index (χ0n) is 12.2. The van der Waals surface area contributed by atoms with Crippen molar-refractivity contribution < 1.29 is 23.9 Å². The number of nitrogens with one attached hydrogen (secondary N) is 1. The van der Waals surface area contributed by atoms with Crippen molar-refractivity contribution in [3.8, 4) is 0 Å². The SMILES string of the molecule is C=C1CC=C(CCOC(=O)/C=C/C(=O)OC(C)C)C(=O)N1. The van der Waals surface area contributed by atoms with Crippen LogP contribution >= 0.6 is 0 Å². The van der Waals surface area contributed by atoms with Crippen LogP contribution in [0.25, 0.3) is 0 Å². The molecular formula is C15H19NO5. The van der Waals surface area contributed by atoms with E-state index in [9.17, 15) is 14.4 Å². The molecule has 0 radical (unpaired) electrons. The molecular weight excluding hydrogens is 274 g/mol. The zero-order valence-corrected chi connectivity index (χ0v) is 12.2. The predicted octanol–water partition coefficient (Wildman–Crippen LogP) is 1.39. The van der Waals surface area contributed by atoms with E-state index in [4.69, 9.17) is 9.47 Å². The van der Waals surface area contributed by atoms with Gasteiger partial charge in [-0.15, -0.1) is 0 Å². The number of esters is 2. The Morgan fingerprint density at radius 2 is 2.05 bits per heavy atom. The Hall–Kier alpha value is -2.37. The van der Waals surface area contributed by atoms with Gasteiger partial charge in [0.05, 0.1) is 12.7 Å². The van der Waals surface area contributed by atoms with E-state index in [1.54, 1.807) is 19.9 Å². The summed E-state index contributed by atoms with van der Waals surface area (Å²) in [6.45, 7) is 7.14. The molecule has 0 saturated carbocycles. The van der Waals surface area contributed by atoms with Crippen LogP contribution in [0.3, 0.4) is 0 Å². The lowest BCUT2D eigenvalue weighted by Gasteiger charge is -2.15. The van der Waals surface area contributed by atoms with E-state index >= 15 is 0 Å². The van der Waals surface area contributed by atoms with Gasteiger partial charge in [-0.1, -0.05) is 12.7 Å². The summed E-state index contributed by atoms with van der Waals surface area (Å²) in [5, 5.41) is 2.61. The van der Waals surface area contributed by atoms with Crippen molar-refractivity contribution in [3.05, 3.63) is 36.1 Å². The highest BCUT2D eigenvalue weighted by Crippen LogP contribution is 2.12. The summed E-state index contributed by atoms with van der Waals surface area (Å²) in [4.78, 5) is 34.1. The van der Waals surface area contributed by atoms with Gasteiger partial charge in [0, 0.05) is 36.3 Å². The highest BCUT2D eigenvalue weighted by molar-refractivity contribution is 5.95. The minimum absolute atomic E-state index is 0.0636. The summed E-state index contributed by atoms with van der Waals surface area (Å²) in [5.41, 5.74) is 1.20. The summed E-state index contributed by atoms with van der Waals surface area (Å²) in [5.74, 6) is -1.48. The molecule has 1 aliphatic rings. The van der Waals surface area contributed by atoms with Crippen molar-refractivity contribution in [1.29, 1.82) is 0 Å². The van der Waals surface area contributed by atoms with Crippen LogP contribution in [0.5, 0.6) is 0 Å². The number of hydrogen-bond acceptors (Lipinski definition) is 5. The van der Waals surface area contributed by atoms with Crippen molar-refractivity contribution in [1.82, 2.24) is 5.32 Å². The van der Waals surface area contributed by atoms with Crippen molar-refractivity contribution >= 4 is 17.8 Å². The van der Waals surface area contributed by atoms with Gasteiger partial charge in [-0.3, -0.25) is 4.79 Å². The molecule has 0 fully saturated rings. The average Bonchev–Trinajstić information content (AvgIpc) is 2.38. The summed E-state index contributed by atoms with van der Waals surface area (Å²) in [6.07, 6.45) is 4.42. The van der Waals surface area contributed by atoms with Crippen molar-refractivity contribution in [2.45, 2.75) is 32.8 Å². The largest absolute Gasteiger partial charge is 0.462 e. The monoisotopic (exact) mass is 293 g/mol. The van der Waals surface area contributed by atoms with Crippen LogP contribution in [0.2, 0.25) is 0 Å². The Morgan fingerprint density at radius 1 is 1.38 bits per heavy atom. The fourth-order valence-corrected chi connectivity index (χ4v) is 1.56. The van der Waals surface area contributed by atoms with Gasteiger partial charge >= 0.3 is 11.9 Å². The molecule has 0 unspecified atom stereocenters. The molecule has 0 saturated heterocycles. The number of allylic oxidation sites excluding steroid dienone is 1. The number of amides is 1. The maximum Gasteiger partial charge on any atom is 0.331 e. The quantitative estimate of drug-likeness (QED) is 0.591. The molecule has 1 amide bonds. The first kappa shape index (κ1) is 16.7. The third-order valence-electron chi connectivity index (χ3n) is 2.50. The lowest BCUT2D eigenvalue weighted by Crippen LogP contribution is -2.27. The van der Waals surface area contributed by atoms with Crippen LogP contribution in [-0.2, 0) is 23.9 Å². The zero-order chi connectivity index (χ0) is 15.8. The van der Waals surface area contributed by atoms with Crippen molar-refractivity contribution in [2.24, 2.45) is 0 Å². The van der Waals surface area contributed by atoms with Crippen LogP contribution < -0.4 is 5.32 Å². The summed E-state index contributed by atoms with van der Waals surface area (Å²) >= 11 is 0. The Balaban J connectivity index is 2.31. The lowest BCUT2D eigenvalue weighted by atomic mass is 10.1. The van der Waals surface area contributed by atoms with Gasteiger partial charge in [-0.25, -0.2) is 9.59 Å². The molecule has 0 aromatic carbocycles. The molecule has 6 nitrogen and oxygen atoms in total. The van der Waals surface area contributed by atoms with Crippen LogP contribution in [0.15, 0.2) is 36.1 Å². The van der Waals surface area contributed by atoms with E-state index in [-0.39, 0.29) is 18.6 Å². The van der Waals surface area contributed by atoms with Gasteiger partial charge in [0.25, 0.3) is 5.91 Å². The van der Waals surface area contributed by atoms with Gasteiger partial charge < -0.3 is 14.8 Å². The maximum absolute atomic E-state index is 11.5. The molecule has 1 N–H and O–H groups in total. The van der Waals surface area contributed by atoms with E-state index < -0.39 is 11.9 Å². The minimum Gasteiger partial charge on any atom is -0.462 e. The number of hydrogen-bond donors (Lipinski definition) is 1. The Morgan fingerprint density at radius 3 is 2.67 bits per heavy atom. The Bertz CT molecular complexity index is 502. The molecule has 0 bridgehead atoms. The topological polar surface area (TPSA) is 81.7 Å². The molecule has 114 valence electrons. The average molecular weight is 293 g/mol. The molecule has 6 heteroatoms. The summed E-state index contributed by atoms with van der Waals surface area (Å²) in [6, 6.07) is 0. The molecule has 1 rings (SSSR count). The normalized spacial score (nSPS) is 14.9. The maximum atomic E-state index is 11.5. The van der Waals surface area contributed by atoms with Gasteiger partial charge in [0.1, 0.15) is 0 Å². The predicted molar refractivity (Wildman–Crippen MR) is 75.9 cm³/mol. The molecule has 21 heavy (non-hydrogen) atoms. The van der Waals surface area contributed by atoms with E-state index in [0.717, 1.165) is 12.2 Å². The highest BCUT2D eigenvalue weighted by Gasteiger charge is 2.15. The first-order chi connectivity index (χ1) is 9.88. The third-order valence-corrected chi connectivity index (χ3v) is 2.50. The molecule has 1 aliphatic heterocycles. The molecule has 0 spiro atoms. The smallest absolute Gasteiger partial charge is 0.331 e. The number of ether oxygens (including phenoxy) is 2. The Labute approximate surface area is 123 Å². The molecule has 1 heterocycles. The Kier molecular flexibility index (Phi) is 6.39. The van der Waals surface area contributed by atoms with Gasteiger partial charge in [0.15, 0.2) is 0 Å². The number of rotatable bonds is 6. The van der Waals surface area contributed by atoms with Crippen LogP contribution in [0.1, 0.15) is 26.7 Å². The van der Waals surface area contributed by atoms with Crippen LogP contribution in [0, 0.1) is 0 Å². The summed E-state index contributed by atoms with van der Waals surface area (Å²) < 4.78 is 9.72. The lowest BCUT2D eigenvalue weighted by molar-refractivity contribution is -0.142. The third kappa shape index (κ3) is 6.56. The fraction of sp³-hybridized carbons (Fsp3) is 0.400. The molecule has 0 atom stereocenters. The second kappa shape index (κ2) is 8.04. The van der Waals surface area contributed by atoms with Gasteiger partial charge in [-0.05, 0) is 13.8 Å². The van der Waals surface area contributed by atoms with Gasteiger partial charge in [0.2, 0.25) is 0 Å². The second-order valence-corrected chi connectivity index (χ2v) is 4.73. The second-order valence-electron chi connectivity index (χ2n) is 4.73. The standard InChI is InChI=1S/C15H19NO5/c1-10(2)21-14(18)7-6-13(17)20-9-8-12-5-4-11(3)16-15(12)19/h5-7,10H,3-4,8-9H2,1-2H3,(H,16,19)/b7-6+. The van der Waals surface area contributed by atoms with E-state index in [1.165, 1.54) is 0 Å². The number of carbonyl (C=O) groups is 3. The summed E-state index contributed by atoms with van der Waals surface area (Å²) in [7, 11) is 0. The van der Waals surface area contributed by atoms with Crippen molar-refractivity contribution in [3.63, 3.8) is 0 Å². The van der Waals surface area contributed by atoms with Crippen molar-refractivity contribution in [2.75, 3.05) is 6.61 Å². The van der Waals surface area contributed by atoms with Gasteiger partial charge in [-0.2, -0.15) is 0 Å². The number of carbonyl (C=O) groups excluding carboxylic acids is 3. The first-order valence-corrected chi connectivity index (χ1v) is 6.62. The fourth-order valence-electron chi connectivity index (χ4n) is 1.56. The van der Waals surface area contributed by atoms with E-state index in [0.29, 0.717) is 24.1 Å². The van der Waals surface area contributed by atoms with Crippen LogP contribution in [-0.4, -0.2) is 30.6 Å².